The molecule has 2 aromatic heterocycles. The molecular formula is C12H17N5O2. The highest BCUT2D eigenvalue weighted by Gasteiger charge is 2.11. The van der Waals surface area contributed by atoms with E-state index in [1.54, 1.807) is 12.5 Å². The average Bonchev–Trinajstić information content (AvgIpc) is 2.91. The summed E-state index contributed by atoms with van der Waals surface area (Å²) in [7, 11) is 3.43. The SMILES string of the molecule is CCNc1nc(OC)nc(N(C)Cc2ccoc2)n1. The minimum absolute atomic E-state index is 0.292. The van der Waals surface area contributed by atoms with Crippen molar-refractivity contribution in [3.05, 3.63) is 24.2 Å². The van der Waals surface area contributed by atoms with Crippen LogP contribution in [-0.4, -0.2) is 35.7 Å². The van der Waals surface area contributed by atoms with Crippen molar-refractivity contribution in [3.8, 4) is 6.01 Å². The van der Waals surface area contributed by atoms with Crippen LogP contribution in [0.25, 0.3) is 0 Å². The number of rotatable bonds is 6. The molecule has 0 aromatic carbocycles. The predicted molar refractivity (Wildman–Crippen MR) is 71.4 cm³/mol. The number of hydrogen-bond donors (Lipinski definition) is 1. The van der Waals surface area contributed by atoms with E-state index in [0.717, 1.165) is 12.1 Å². The molecule has 0 atom stereocenters. The van der Waals surface area contributed by atoms with Gasteiger partial charge < -0.3 is 19.4 Å². The molecule has 0 radical (unpaired) electrons. The summed E-state index contributed by atoms with van der Waals surface area (Å²) in [6, 6.07) is 2.19. The monoisotopic (exact) mass is 263 g/mol. The second kappa shape index (κ2) is 6.03. The predicted octanol–water partition coefficient (Wildman–Crippen LogP) is 1.54. The van der Waals surface area contributed by atoms with Crippen LogP contribution in [-0.2, 0) is 6.54 Å². The quantitative estimate of drug-likeness (QED) is 0.847. The van der Waals surface area contributed by atoms with Crippen molar-refractivity contribution in [2.45, 2.75) is 13.5 Å². The van der Waals surface area contributed by atoms with Crippen molar-refractivity contribution in [2.75, 3.05) is 30.9 Å². The molecule has 2 aromatic rings. The Morgan fingerprint density at radius 2 is 2.21 bits per heavy atom. The van der Waals surface area contributed by atoms with Gasteiger partial charge in [-0.25, -0.2) is 0 Å². The van der Waals surface area contributed by atoms with E-state index in [9.17, 15) is 0 Å². The molecule has 0 amide bonds. The Balaban J connectivity index is 2.19. The third-order valence-electron chi connectivity index (χ3n) is 2.46. The highest BCUT2D eigenvalue weighted by Crippen LogP contribution is 2.15. The third-order valence-corrected chi connectivity index (χ3v) is 2.46. The first-order chi connectivity index (χ1) is 9.22. The van der Waals surface area contributed by atoms with Gasteiger partial charge in [-0.3, -0.25) is 0 Å². The number of nitrogens with zero attached hydrogens (tertiary/aromatic N) is 4. The Bertz CT molecular complexity index is 515. The Kier molecular flexibility index (Phi) is 4.17. The molecule has 19 heavy (non-hydrogen) atoms. The number of nitrogens with one attached hydrogen (secondary N) is 1. The van der Waals surface area contributed by atoms with Crippen LogP contribution in [0.15, 0.2) is 23.0 Å². The smallest absolute Gasteiger partial charge is 0.322 e. The van der Waals surface area contributed by atoms with Crippen LogP contribution in [0.4, 0.5) is 11.9 Å². The molecule has 0 saturated heterocycles. The topological polar surface area (TPSA) is 76.3 Å². The number of furan rings is 1. The second-order valence-electron chi connectivity index (χ2n) is 3.96. The fourth-order valence-corrected chi connectivity index (χ4v) is 1.57. The molecule has 0 aliphatic rings. The van der Waals surface area contributed by atoms with E-state index in [1.165, 1.54) is 7.11 Å². The van der Waals surface area contributed by atoms with Gasteiger partial charge in [-0.15, -0.1) is 0 Å². The number of aromatic nitrogens is 3. The molecule has 2 rings (SSSR count). The first-order valence-corrected chi connectivity index (χ1v) is 5.99. The number of hydrogen-bond acceptors (Lipinski definition) is 7. The van der Waals surface area contributed by atoms with Gasteiger partial charge in [0.2, 0.25) is 11.9 Å². The summed E-state index contributed by atoms with van der Waals surface area (Å²) in [5.41, 5.74) is 1.05. The number of anilines is 2. The standard InChI is InChI=1S/C12H17N5O2/c1-4-13-10-14-11(16-12(15-10)18-3)17(2)7-9-5-6-19-8-9/h5-6,8H,4,7H2,1-3H3,(H,13,14,15,16). The lowest BCUT2D eigenvalue weighted by molar-refractivity contribution is 0.379. The van der Waals surface area contributed by atoms with Crippen molar-refractivity contribution < 1.29 is 9.15 Å². The van der Waals surface area contributed by atoms with E-state index in [4.69, 9.17) is 9.15 Å². The van der Waals surface area contributed by atoms with Crippen LogP contribution in [0.2, 0.25) is 0 Å². The van der Waals surface area contributed by atoms with Gasteiger partial charge in [0.1, 0.15) is 0 Å². The fourth-order valence-electron chi connectivity index (χ4n) is 1.57. The van der Waals surface area contributed by atoms with Crippen LogP contribution in [0.5, 0.6) is 6.01 Å². The highest BCUT2D eigenvalue weighted by molar-refractivity contribution is 5.38. The zero-order valence-corrected chi connectivity index (χ0v) is 11.3. The van der Waals surface area contributed by atoms with Crippen molar-refractivity contribution in [1.29, 1.82) is 0 Å². The molecule has 0 bridgehead atoms. The summed E-state index contributed by atoms with van der Waals surface area (Å²) in [6.07, 6.45) is 3.33. The van der Waals surface area contributed by atoms with E-state index in [1.807, 2.05) is 24.9 Å². The minimum atomic E-state index is 0.292. The van der Waals surface area contributed by atoms with E-state index in [0.29, 0.717) is 24.5 Å². The van der Waals surface area contributed by atoms with Gasteiger partial charge in [0.25, 0.3) is 0 Å². The fraction of sp³-hybridized carbons (Fsp3) is 0.417. The maximum Gasteiger partial charge on any atom is 0.322 e. The molecule has 0 spiro atoms. The van der Waals surface area contributed by atoms with E-state index >= 15 is 0 Å². The van der Waals surface area contributed by atoms with Crippen LogP contribution < -0.4 is 15.0 Å². The van der Waals surface area contributed by atoms with Crippen LogP contribution in [0.1, 0.15) is 12.5 Å². The van der Waals surface area contributed by atoms with Gasteiger partial charge in [0, 0.05) is 25.7 Å². The third kappa shape index (κ3) is 3.34. The molecule has 2 heterocycles. The molecule has 7 nitrogen and oxygen atoms in total. The molecular weight excluding hydrogens is 246 g/mol. The summed E-state index contributed by atoms with van der Waals surface area (Å²) in [6.45, 7) is 3.36. The molecule has 0 saturated carbocycles. The molecule has 0 aliphatic carbocycles. The van der Waals surface area contributed by atoms with Gasteiger partial charge in [0.15, 0.2) is 0 Å². The first-order valence-electron chi connectivity index (χ1n) is 5.99. The number of methoxy groups -OCH3 is 1. The maximum absolute atomic E-state index is 5.08. The van der Waals surface area contributed by atoms with Crippen LogP contribution in [0, 0.1) is 0 Å². The molecule has 0 unspecified atom stereocenters. The number of ether oxygens (including phenoxy) is 1. The van der Waals surface area contributed by atoms with Gasteiger partial charge in [0.05, 0.1) is 19.6 Å². The minimum Gasteiger partial charge on any atom is -0.472 e. The van der Waals surface area contributed by atoms with Gasteiger partial charge in [-0.1, -0.05) is 0 Å². The Morgan fingerprint density at radius 3 is 2.84 bits per heavy atom. The van der Waals surface area contributed by atoms with E-state index in [-0.39, 0.29) is 0 Å². The van der Waals surface area contributed by atoms with Crippen LogP contribution >= 0.6 is 0 Å². The molecule has 0 fully saturated rings. The summed E-state index contributed by atoms with van der Waals surface area (Å²) in [4.78, 5) is 14.6. The largest absolute Gasteiger partial charge is 0.472 e. The maximum atomic E-state index is 5.08. The molecule has 102 valence electrons. The van der Waals surface area contributed by atoms with Crippen molar-refractivity contribution in [1.82, 2.24) is 15.0 Å². The zero-order chi connectivity index (χ0) is 13.7. The zero-order valence-electron chi connectivity index (χ0n) is 11.3. The van der Waals surface area contributed by atoms with Gasteiger partial charge in [-0.05, 0) is 13.0 Å². The second-order valence-corrected chi connectivity index (χ2v) is 3.96. The van der Waals surface area contributed by atoms with E-state index in [2.05, 4.69) is 20.3 Å². The Hall–Kier alpha value is -2.31. The van der Waals surface area contributed by atoms with E-state index < -0.39 is 0 Å². The Morgan fingerprint density at radius 1 is 1.37 bits per heavy atom. The summed E-state index contributed by atoms with van der Waals surface area (Å²) >= 11 is 0. The van der Waals surface area contributed by atoms with Crippen molar-refractivity contribution in [3.63, 3.8) is 0 Å². The summed E-state index contributed by atoms with van der Waals surface area (Å²) < 4.78 is 10.1. The lowest BCUT2D eigenvalue weighted by Gasteiger charge is -2.17. The van der Waals surface area contributed by atoms with Crippen molar-refractivity contribution >= 4 is 11.9 Å². The molecule has 0 aliphatic heterocycles. The summed E-state index contributed by atoms with van der Waals surface area (Å²) in [5.74, 6) is 1.05. The summed E-state index contributed by atoms with van der Waals surface area (Å²) in [5, 5.41) is 3.05. The van der Waals surface area contributed by atoms with Gasteiger partial charge >= 0.3 is 6.01 Å². The lowest BCUT2D eigenvalue weighted by atomic mass is 10.3. The van der Waals surface area contributed by atoms with Gasteiger partial charge in [-0.2, -0.15) is 15.0 Å². The average molecular weight is 263 g/mol. The lowest BCUT2D eigenvalue weighted by Crippen LogP contribution is -2.20. The highest BCUT2D eigenvalue weighted by atomic mass is 16.5. The normalized spacial score (nSPS) is 10.3. The molecule has 1 N–H and O–H groups in total. The Labute approximate surface area is 111 Å². The molecule has 7 heteroatoms. The van der Waals surface area contributed by atoms with Crippen LogP contribution in [0.3, 0.4) is 0 Å². The van der Waals surface area contributed by atoms with Crippen molar-refractivity contribution in [2.24, 2.45) is 0 Å². The first kappa shape index (κ1) is 13.1.